The lowest BCUT2D eigenvalue weighted by atomic mass is 10.0. The van der Waals surface area contributed by atoms with Crippen molar-refractivity contribution in [1.82, 2.24) is 0 Å². The quantitative estimate of drug-likeness (QED) is 0.0644. The fraction of sp³-hybridized carbons (Fsp3) is 0.171. The van der Waals surface area contributed by atoms with Crippen molar-refractivity contribution in [1.29, 1.82) is 0 Å². The van der Waals surface area contributed by atoms with Gasteiger partial charge in [0.15, 0.2) is 23.3 Å². The molecular weight excluding hydrogens is 593 g/mol. The molecule has 0 aliphatic carbocycles. The minimum atomic E-state index is -0.980. The summed E-state index contributed by atoms with van der Waals surface area (Å²) >= 11 is 4.40. The fourth-order valence-electron chi connectivity index (χ4n) is 4.47. The number of thiocarbonyl (C=S) groups is 1. The number of nitrogens with zero attached hydrogens (tertiary/aromatic N) is 1. The summed E-state index contributed by atoms with van der Waals surface area (Å²) in [5.41, 5.74) is 1.43. The molecule has 0 fully saturated rings. The highest BCUT2D eigenvalue weighted by atomic mass is 32.1. The van der Waals surface area contributed by atoms with E-state index in [0.29, 0.717) is 37.2 Å². The first-order valence-corrected chi connectivity index (χ1v) is 14.1. The molecule has 0 aliphatic rings. The Balaban J connectivity index is 1.32. The van der Waals surface area contributed by atoms with Crippen LogP contribution < -0.4 is 9.47 Å². The average molecular weight is 622 g/mol. The smallest absolute Gasteiger partial charge is 0.166 e. The Hall–Kier alpha value is -4.59. The summed E-state index contributed by atoms with van der Waals surface area (Å²) in [7, 11) is 0. The third-order valence-electron chi connectivity index (χ3n) is 6.82. The van der Waals surface area contributed by atoms with E-state index >= 15 is 0 Å². The Labute approximate surface area is 258 Å². The Kier molecular flexibility index (Phi) is 11.2. The normalized spacial score (nSPS) is 11.2. The Morgan fingerprint density at radius 2 is 1.39 bits per heavy atom. The molecule has 4 aromatic carbocycles. The summed E-state index contributed by atoms with van der Waals surface area (Å²) in [4.78, 5) is 3.36. The Morgan fingerprint density at radius 1 is 0.773 bits per heavy atom. The first-order chi connectivity index (χ1) is 21.2. The molecule has 0 atom stereocenters. The summed E-state index contributed by atoms with van der Waals surface area (Å²) in [6, 6.07) is 15.9. The standard InChI is InChI=1S/C35H28F5NO2S/c1-3-4-5-23(14-16-42-26-9-7-24(8-10-26)29-12-6-22(2)33(39)34(29)40)15-17-43-27-11-13-28(30(36)20-27)25-18-31(37)35(41-21-44)32(38)19-25/h3,5-13,18-20H,1,4,14-17H2,2H3/b23-5+. The molecule has 0 radical (unpaired) electrons. The maximum Gasteiger partial charge on any atom is 0.166 e. The molecular formula is C35H28F5NO2S. The van der Waals surface area contributed by atoms with Gasteiger partial charge in [0.1, 0.15) is 23.0 Å². The number of halogens is 5. The van der Waals surface area contributed by atoms with Gasteiger partial charge in [0.2, 0.25) is 0 Å². The zero-order valence-electron chi connectivity index (χ0n) is 23.8. The van der Waals surface area contributed by atoms with Gasteiger partial charge in [-0.3, -0.25) is 0 Å². The second kappa shape index (κ2) is 15.2. The van der Waals surface area contributed by atoms with E-state index in [1.165, 1.54) is 25.1 Å². The van der Waals surface area contributed by atoms with Crippen molar-refractivity contribution >= 4 is 23.1 Å². The lowest BCUT2D eigenvalue weighted by molar-refractivity contribution is 0.302. The second-order valence-electron chi connectivity index (χ2n) is 9.80. The number of allylic oxidation sites excluding steroid dienone is 2. The van der Waals surface area contributed by atoms with E-state index in [9.17, 15) is 22.0 Å². The molecule has 0 aromatic heterocycles. The Morgan fingerprint density at radius 3 is 2.00 bits per heavy atom. The summed E-state index contributed by atoms with van der Waals surface area (Å²) in [5, 5.41) is 1.91. The fourth-order valence-corrected chi connectivity index (χ4v) is 4.56. The predicted octanol–water partition coefficient (Wildman–Crippen LogP) is 10.5. The number of ether oxygens (including phenoxy) is 2. The molecule has 0 heterocycles. The summed E-state index contributed by atoms with van der Waals surface area (Å²) in [6.07, 6.45) is 5.55. The number of isothiocyanates is 1. The number of hydrogen-bond donors (Lipinski definition) is 0. The van der Waals surface area contributed by atoms with Gasteiger partial charge in [-0.05, 0) is 78.7 Å². The molecule has 0 aliphatic heterocycles. The number of benzene rings is 4. The number of aryl methyl sites for hydroxylation is 1. The molecule has 0 amide bonds. The molecule has 4 aromatic rings. The molecule has 9 heteroatoms. The first kappa shape index (κ1) is 32.3. The average Bonchev–Trinajstić information content (AvgIpc) is 3.00. The molecule has 0 unspecified atom stereocenters. The minimum absolute atomic E-state index is 0.000876. The van der Waals surface area contributed by atoms with Crippen molar-refractivity contribution in [3.8, 4) is 33.8 Å². The maximum absolute atomic E-state index is 14.9. The monoisotopic (exact) mass is 621 g/mol. The third kappa shape index (κ3) is 8.07. The van der Waals surface area contributed by atoms with Gasteiger partial charge in [-0.15, -0.1) is 6.58 Å². The van der Waals surface area contributed by atoms with Crippen LogP contribution in [0, 0.1) is 36.0 Å². The molecule has 0 spiro atoms. The van der Waals surface area contributed by atoms with Gasteiger partial charge in [-0.25, -0.2) is 22.0 Å². The van der Waals surface area contributed by atoms with Gasteiger partial charge < -0.3 is 9.47 Å². The van der Waals surface area contributed by atoms with Crippen molar-refractivity contribution in [2.24, 2.45) is 4.99 Å². The van der Waals surface area contributed by atoms with Crippen molar-refractivity contribution < 1.29 is 31.4 Å². The molecule has 0 N–H and O–H groups in total. The van der Waals surface area contributed by atoms with Gasteiger partial charge in [-0.1, -0.05) is 42.0 Å². The SMILES string of the molecule is C=CC/C=C(\CCOc1ccc(-c2ccc(C)c(F)c2F)cc1)CCOc1ccc(-c2cc(F)c(N=C=S)c(F)c2)c(F)c1. The molecule has 0 saturated heterocycles. The van der Waals surface area contributed by atoms with Crippen LogP contribution in [0.3, 0.4) is 0 Å². The highest BCUT2D eigenvalue weighted by Gasteiger charge is 2.15. The highest BCUT2D eigenvalue weighted by Crippen LogP contribution is 2.32. The van der Waals surface area contributed by atoms with Crippen LogP contribution in [-0.2, 0) is 0 Å². The van der Waals surface area contributed by atoms with Crippen LogP contribution in [0.1, 0.15) is 24.8 Å². The van der Waals surface area contributed by atoms with E-state index in [-0.39, 0.29) is 34.6 Å². The highest BCUT2D eigenvalue weighted by molar-refractivity contribution is 7.78. The number of aliphatic imine (C=N–C) groups is 1. The van der Waals surface area contributed by atoms with E-state index in [2.05, 4.69) is 23.8 Å². The largest absolute Gasteiger partial charge is 0.493 e. The summed E-state index contributed by atoms with van der Waals surface area (Å²) in [5.74, 6) is -3.56. The molecule has 3 nitrogen and oxygen atoms in total. The van der Waals surface area contributed by atoms with Crippen molar-refractivity contribution in [2.75, 3.05) is 13.2 Å². The van der Waals surface area contributed by atoms with Gasteiger partial charge in [-0.2, -0.15) is 4.99 Å². The Bertz CT molecular complexity index is 1710. The van der Waals surface area contributed by atoms with Crippen LogP contribution in [-0.4, -0.2) is 18.4 Å². The van der Waals surface area contributed by atoms with E-state index in [1.54, 1.807) is 36.4 Å². The molecule has 44 heavy (non-hydrogen) atoms. The predicted molar refractivity (Wildman–Crippen MR) is 166 cm³/mol. The topological polar surface area (TPSA) is 30.8 Å². The third-order valence-corrected chi connectivity index (χ3v) is 6.91. The molecule has 0 bridgehead atoms. The van der Waals surface area contributed by atoms with E-state index in [1.807, 2.05) is 11.2 Å². The number of rotatable bonds is 13. The van der Waals surface area contributed by atoms with Crippen molar-refractivity contribution in [2.45, 2.75) is 26.2 Å². The van der Waals surface area contributed by atoms with Crippen molar-refractivity contribution in [3.63, 3.8) is 0 Å². The van der Waals surface area contributed by atoms with E-state index < -0.39 is 34.8 Å². The van der Waals surface area contributed by atoms with Gasteiger partial charge in [0.25, 0.3) is 0 Å². The minimum Gasteiger partial charge on any atom is -0.493 e. The summed E-state index contributed by atoms with van der Waals surface area (Å²) in [6.45, 7) is 5.87. The van der Waals surface area contributed by atoms with Gasteiger partial charge in [0.05, 0.1) is 18.4 Å². The van der Waals surface area contributed by atoms with Crippen LogP contribution in [0.4, 0.5) is 27.6 Å². The maximum atomic E-state index is 14.9. The van der Waals surface area contributed by atoms with E-state index in [4.69, 9.17) is 9.47 Å². The van der Waals surface area contributed by atoms with Gasteiger partial charge in [0, 0.05) is 30.0 Å². The van der Waals surface area contributed by atoms with Crippen LogP contribution in [0.5, 0.6) is 11.5 Å². The molecule has 0 saturated carbocycles. The molecule has 4 rings (SSSR count). The van der Waals surface area contributed by atoms with Crippen molar-refractivity contribution in [3.05, 3.63) is 126 Å². The summed E-state index contributed by atoms with van der Waals surface area (Å²) < 4.78 is 83.2. The van der Waals surface area contributed by atoms with Crippen LogP contribution >= 0.6 is 12.2 Å². The van der Waals surface area contributed by atoms with Gasteiger partial charge >= 0.3 is 0 Å². The number of hydrogen-bond acceptors (Lipinski definition) is 4. The van der Waals surface area contributed by atoms with Crippen LogP contribution in [0.2, 0.25) is 0 Å². The van der Waals surface area contributed by atoms with E-state index in [0.717, 1.165) is 23.8 Å². The molecule has 226 valence electrons. The first-order valence-electron chi connectivity index (χ1n) is 13.7. The van der Waals surface area contributed by atoms with Crippen LogP contribution in [0.15, 0.2) is 96.0 Å². The van der Waals surface area contributed by atoms with Crippen LogP contribution in [0.25, 0.3) is 22.3 Å². The second-order valence-corrected chi connectivity index (χ2v) is 9.98. The zero-order valence-corrected chi connectivity index (χ0v) is 24.6. The lowest BCUT2D eigenvalue weighted by Crippen LogP contribution is -2.04. The lowest BCUT2D eigenvalue weighted by Gasteiger charge is -2.13. The zero-order chi connectivity index (χ0) is 31.6.